The Labute approximate surface area is 102 Å². The number of likely N-dealkylation sites (N-methyl/N-ethyl adjacent to an activating group) is 1. The molecule has 5 nitrogen and oxygen atoms in total. The van der Waals surface area contributed by atoms with E-state index in [1.165, 1.54) is 0 Å². The van der Waals surface area contributed by atoms with Gasteiger partial charge in [-0.25, -0.2) is 0 Å². The lowest BCUT2D eigenvalue weighted by atomic mass is 9.95. The minimum Gasteiger partial charge on any atom is -0.367 e. The van der Waals surface area contributed by atoms with Crippen molar-refractivity contribution in [3.63, 3.8) is 0 Å². The van der Waals surface area contributed by atoms with Crippen molar-refractivity contribution in [2.45, 2.75) is 45.1 Å². The molecule has 96 valence electrons. The lowest BCUT2D eigenvalue weighted by Crippen LogP contribution is -2.31. The van der Waals surface area contributed by atoms with E-state index in [9.17, 15) is 0 Å². The summed E-state index contributed by atoms with van der Waals surface area (Å²) in [5, 5.41) is 7.29. The molecule has 1 aromatic heterocycles. The van der Waals surface area contributed by atoms with Crippen LogP contribution in [-0.2, 0) is 16.8 Å². The number of aromatic nitrogens is 2. The molecule has 17 heavy (non-hydrogen) atoms. The van der Waals surface area contributed by atoms with Crippen molar-refractivity contribution in [3.8, 4) is 0 Å². The molecular formula is C12H21N3O2. The molecule has 1 aromatic rings. The molecule has 1 aliphatic heterocycles. The van der Waals surface area contributed by atoms with Crippen LogP contribution in [0.1, 0.15) is 44.8 Å². The first-order valence-corrected chi connectivity index (χ1v) is 6.42. The molecule has 0 amide bonds. The van der Waals surface area contributed by atoms with E-state index in [1.807, 2.05) is 6.92 Å². The van der Waals surface area contributed by atoms with Crippen molar-refractivity contribution in [1.82, 2.24) is 15.5 Å². The van der Waals surface area contributed by atoms with E-state index in [2.05, 4.69) is 22.4 Å². The first kappa shape index (κ1) is 12.5. The number of nitrogens with one attached hydrogen (secondary N) is 1. The Balaban J connectivity index is 1.96. The van der Waals surface area contributed by atoms with Crippen LogP contribution < -0.4 is 5.32 Å². The van der Waals surface area contributed by atoms with Crippen LogP contribution in [0.25, 0.3) is 0 Å². The second kappa shape index (κ2) is 5.60. The van der Waals surface area contributed by atoms with Crippen molar-refractivity contribution in [2.75, 3.05) is 19.7 Å². The molecule has 0 spiro atoms. The first-order valence-electron chi connectivity index (χ1n) is 6.42. The van der Waals surface area contributed by atoms with E-state index in [0.29, 0.717) is 11.7 Å². The Morgan fingerprint density at radius 3 is 3.00 bits per heavy atom. The molecular weight excluding hydrogens is 218 g/mol. The van der Waals surface area contributed by atoms with Gasteiger partial charge in [-0.1, -0.05) is 12.1 Å². The van der Waals surface area contributed by atoms with Crippen LogP contribution >= 0.6 is 0 Å². The summed E-state index contributed by atoms with van der Waals surface area (Å²) in [6.07, 6.45) is 4.04. The van der Waals surface area contributed by atoms with Crippen molar-refractivity contribution in [3.05, 3.63) is 11.7 Å². The van der Waals surface area contributed by atoms with Gasteiger partial charge in [0.05, 0.1) is 0 Å². The summed E-state index contributed by atoms with van der Waals surface area (Å²) in [6, 6.07) is 0. The third kappa shape index (κ3) is 3.04. The first-order chi connectivity index (χ1) is 8.24. The zero-order valence-corrected chi connectivity index (χ0v) is 10.7. The normalized spacial score (nSPS) is 25.1. The zero-order valence-electron chi connectivity index (χ0n) is 10.7. The largest absolute Gasteiger partial charge is 0.367 e. The average molecular weight is 239 g/mol. The zero-order chi connectivity index (χ0) is 12.1. The number of nitrogens with zero attached hydrogens (tertiary/aromatic N) is 2. The van der Waals surface area contributed by atoms with Gasteiger partial charge in [0.25, 0.3) is 0 Å². The van der Waals surface area contributed by atoms with Crippen LogP contribution in [0.4, 0.5) is 0 Å². The van der Waals surface area contributed by atoms with Gasteiger partial charge >= 0.3 is 0 Å². The fraction of sp³-hybridized carbons (Fsp3) is 0.833. The average Bonchev–Trinajstić information content (AvgIpc) is 2.80. The second-order valence-corrected chi connectivity index (χ2v) is 4.65. The summed E-state index contributed by atoms with van der Waals surface area (Å²) >= 11 is 0. The van der Waals surface area contributed by atoms with Gasteiger partial charge in [0.15, 0.2) is 0 Å². The minimum atomic E-state index is -0.349. The molecule has 0 radical (unpaired) electrons. The topological polar surface area (TPSA) is 60.2 Å². The molecule has 2 rings (SSSR count). The van der Waals surface area contributed by atoms with Gasteiger partial charge in [0, 0.05) is 19.6 Å². The van der Waals surface area contributed by atoms with Crippen LogP contribution in [0.3, 0.4) is 0 Å². The predicted molar refractivity (Wildman–Crippen MR) is 63.7 cm³/mol. The monoisotopic (exact) mass is 239 g/mol. The predicted octanol–water partition coefficient (Wildman–Crippen LogP) is 1.64. The van der Waals surface area contributed by atoms with Gasteiger partial charge < -0.3 is 14.6 Å². The Morgan fingerprint density at radius 2 is 2.29 bits per heavy atom. The van der Waals surface area contributed by atoms with E-state index < -0.39 is 0 Å². The van der Waals surface area contributed by atoms with E-state index in [1.54, 1.807) is 0 Å². The molecule has 0 aliphatic carbocycles. The smallest absolute Gasteiger partial charge is 0.228 e. The fourth-order valence-electron chi connectivity index (χ4n) is 2.05. The molecule has 1 aliphatic rings. The van der Waals surface area contributed by atoms with E-state index in [4.69, 9.17) is 9.26 Å². The molecule has 0 saturated carbocycles. The lowest BCUT2D eigenvalue weighted by Gasteiger charge is -2.30. The maximum Gasteiger partial charge on any atom is 0.228 e. The Morgan fingerprint density at radius 1 is 1.41 bits per heavy atom. The summed E-state index contributed by atoms with van der Waals surface area (Å²) in [5.41, 5.74) is -0.349. The third-order valence-corrected chi connectivity index (χ3v) is 3.18. The van der Waals surface area contributed by atoms with Gasteiger partial charge in [-0.2, -0.15) is 4.98 Å². The Hall–Kier alpha value is -0.940. The fourth-order valence-corrected chi connectivity index (χ4v) is 2.05. The van der Waals surface area contributed by atoms with Crippen molar-refractivity contribution in [1.29, 1.82) is 0 Å². The molecule has 1 N–H and O–H groups in total. The van der Waals surface area contributed by atoms with Crippen molar-refractivity contribution >= 4 is 0 Å². The third-order valence-electron chi connectivity index (χ3n) is 3.18. The number of rotatable bonds is 5. The van der Waals surface area contributed by atoms with Crippen LogP contribution in [0, 0.1) is 0 Å². The summed E-state index contributed by atoms with van der Waals surface area (Å²) in [4.78, 5) is 4.43. The summed E-state index contributed by atoms with van der Waals surface area (Å²) in [7, 11) is 0. The molecule has 1 atom stereocenters. The van der Waals surface area contributed by atoms with Crippen molar-refractivity contribution in [2.24, 2.45) is 0 Å². The summed E-state index contributed by atoms with van der Waals surface area (Å²) < 4.78 is 11.0. The van der Waals surface area contributed by atoms with E-state index in [-0.39, 0.29) is 5.60 Å². The highest BCUT2D eigenvalue weighted by molar-refractivity contribution is 5.00. The molecule has 5 heteroatoms. The lowest BCUT2D eigenvalue weighted by molar-refractivity contribution is -0.0770. The van der Waals surface area contributed by atoms with Crippen LogP contribution in [0.5, 0.6) is 0 Å². The van der Waals surface area contributed by atoms with Gasteiger partial charge in [0.2, 0.25) is 11.7 Å². The van der Waals surface area contributed by atoms with Gasteiger partial charge in [0.1, 0.15) is 5.60 Å². The van der Waals surface area contributed by atoms with Gasteiger partial charge in [-0.05, 0) is 32.7 Å². The molecule has 1 unspecified atom stereocenters. The van der Waals surface area contributed by atoms with E-state index in [0.717, 1.165) is 45.4 Å². The Kier molecular flexibility index (Phi) is 4.12. The number of hydrogen-bond acceptors (Lipinski definition) is 5. The van der Waals surface area contributed by atoms with Crippen molar-refractivity contribution < 1.29 is 9.26 Å². The number of ether oxygens (including phenoxy) is 1. The van der Waals surface area contributed by atoms with Gasteiger partial charge in [-0.3, -0.25) is 0 Å². The quantitative estimate of drug-likeness (QED) is 0.791. The standard InChI is InChI=1S/C12H21N3O2/c1-3-13-8-6-10-14-11(15-17-10)12(2)7-4-5-9-16-12/h13H,3-9H2,1-2H3. The van der Waals surface area contributed by atoms with Crippen LogP contribution in [-0.4, -0.2) is 29.8 Å². The molecule has 0 bridgehead atoms. The highest BCUT2D eigenvalue weighted by Gasteiger charge is 2.34. The van der Waals surface area contributed by atoms with E-state index >= 15 is 0 Å². The Bertz CT molecular complexity index is 345. The molecule has 0 aromatic carbocycles. The molecule has 2 heterocycles. The molecule has 1 saturated heterocycles. The summed E-state index contributed by atoms with van der Waals surface area (Å²) in [5.74, 6) is 1.39. The maximum atomic E-state index is 5.79. The SMILES string of the molecule is CCNCCc1nc(C2(C)CCCCO2)no1. The minimum absolute atomic E-state index is 0.349. The second-order valence-electron chi connectivity index (χ2n) is 4.65. The number of hydrogen-bond donors (Lipinski definition) is 1. The van der Waals surface area contributed by atoms with Crippen LogP contribution in [0.2, 0.25) is 0 Å². The van der Waals surface area contributed by atoms with Gasteiger partial charge in [-0.15, -0.1) is 0 Å². The highest BCUT2D eigenvalue weighted by atomic mass is 16.5. The van der Waals surface area contributed by atoms with Crippen LogP contribution in [0.15, 0.2) is 4.52 Å². The molecule has 1 fully saturated rings. The summed E-state index contributed by atoms with van der Waals surface area (Å²) in [6.45, 7) is 6.75. The highest BCUT2D eigenvalue weighted by Crippen LogP contribution is 2.32. The maximum absolute atomic E-state index is 5.79.